The van der Waals surface area contributed by atoms with E-state index in [9.17, 15) is 14.9 Å². The van der Waals surface area contributed by atoms with E-state index in [0.717, 1.165) is 5.56 Å². The van der Waals surface area contributed by atoms with E-state index in [1.807, 2.05) is 6.07 Å². The molecule has 0 unspecified atom stereocenters. The zero-order chi connectivity index (χ0) is 24.7. The molecule has 0 bridgehead atoms. The van der Waals surface area contributed by atoms with Crippen molar-refractivity contribution in [3.8, 4) is 23.0 Å². The van der Waals surface area contributed by atoms with Crippen molar-refractivity contribution in [2.45, 2.75) is 6.61 Å². The molecule has 0 heterocycles. The Morgan fingerprint density at radius 2 is 1.59 bits per heavy atom. The number of benzene rings is 3. The van der Waals surface area contributed by atoms with Crippen molar-refractivity contribution in [3.63, 3.8) is 0 Å². The van der Waals surface area contributed by atoms with Crippen LogP contribution in [0.1, 0.15) is 21.5 Å². The third-order valence-electron chi connectivity index (χ3n) is 4.91. The van der Waals surface area contributed by atoms with Crippen LogP contribution in [0, 0.1) is 10.1 Å². The van der Waals surface area contributed by atoms with Crippen LogP contribution in [0.25, 0.3) is 6.08 Å². The molecule has 0 aliphatic heterocycles. The number of rotatable bonds is 10. The molecule has 0 saturated heterocycles. The van der Waals surface area contributed by atoms with E-state index >= 15 is 0 Å². The van der Waals surface area contributed by atoms with Crippen molar-refractivity contribution in [1.82, 2.24) is 0 Å². The average molecular weight is 484 g/mol. The molecule has 8 nitrogen and oxygen atoms in total. The summed E-state index contributed by atoms with van der Waals surface area (Å²) in [5, 5.41) is 11.0. The van der Waals surface area contributed by atoms with Crippen molar-refractivity contribution in [3.05, 3.63) is 92.5 Å². The van der Waals surface area contributed by atoms with Gasteiger partial charge in [0.25, 0.3) is 5.69 Å². The zero-order valence-corrected chi connectivity index (χ0v) is 19.5. The molecule has 176 valence electrons. The summed E-state index contributed by atoms with van der Waals surface area (Å²) in [6.07, 6.45) is 3.14. The molecule has 0 aliphatic carbocycles. The highest BCUT2D eigenvalue weighted by Gasteiger charge is 2.12. The minimum absolute atomic E-state index is 0.103. The maximum absolute atomic E-state index is 12.6. The first-order valence-corrected chi connectivity index (χ1v) is 10.4. The zero-order valence-electron chi connectivity index (χ0n) is 18.7. The summed E-state index contributed by atoms with van der Waals surface area (Å²) in [5.74, 6) is 1.69. The maximum atomic E-state index is 12.6. The fourth-order valence-electron chi connectivity index (χ4n) is 3.15. The summed E-state index contributed by atoms with van der Waals surface area (Å²) >= 11 is 6.10. The van der Waals surface area contributed by atoms with Gasteiger partial charge in [-0.2, -0.15) is 0 Å². The molecule has 0 N–H and O–H groups in total. The van der Waals surface area contributed by atoms with Crippen molar-refractivity contribution < 1.29 is 28.7 Å². The van der Waals surface area contributed by atoms with Gasteiger partial charge < -0.3 is 18.9 Å². The Bertz CT molecular complexity index is 1240. The molecular weight excluding hydrogens is 462 g/mol. The fraction of sp³-hybridized carbons (Fsp3) is 0.160. The summed E-state index contributed by atoms with van der Waals surface area (Å²) in [6.45, 7) is 0.103. The standard InChI is InChI=1S/C25H22ClNO7/c1-31-22-9-5-16(4-8-21(28)17-6-10-24(32-2)25(13-17)33-3)12-18(22)15-34-23-11-7-19(27(29)30)14-20(23)26/h4-14H,15H2,1-3H3/b8-4+. The monoisotopic (exact) mass is 483 g/mol. The number of halogens is 1. The van der Waals surface area contributed by atoms with Gasteiger partial charge in [0.1, 0.15) is 18.1 Å². The van der Waals surface area contributed by atoms with Crippen molar-refractivity contribution >= 4 is 29.1 Å². The van der Waals surface area contributed by atoms with Crippen molar-refractivity contribution in [2.75, 3.05) is 21.3 Å². The molecule has 3 rings (SSSR count). The van der Waals surface area contributed by atoms with E-state index in [4.69, 9.17) is 30.5 Å². The molecule has 0 spiro atoms. The summed E-state index contributed by atoms with van der Waals surface area (Å²) in [6, 6.07) is 14.3. The van der Waals surface area contributed by atoms with E-state index in [2.05, 4.69) is 0 Å². The van der Waals surface area contributed by atoms with Crippen LogP contribution in [-0.2, 0) is 6.61 Å². The Labute approximate surface area is 201 Å². The third-order valence-corrected chi connectivity index (χ3v) is 5.20. The summed E-state index contributed by atoms with van der Waals surface area (Å²) in [4.78, 5) is 23.0. The summed E-state index contributed by atoms with van der Waals surface area (Å²) in [5.41, 5.74) is 1.79. The molecule has 9 heteroatoms. The molecule has 0 aliphatic rings. The van der Waals surface area contributed by atoms with Gasteiger partial charge in [0.15, 0.2) is 17.3 Å². The lowest BCUT2D eigenvalue weighted by atomic mass is 10.1. The number of ketones is 1. The van der Waals surface area contributed by atoms with Crippen LogP contribution in [0.15, 0.2) is 60.7 Å². The Balaban J connectivity index is 1.76. The number of nitro benzene ring substituents is 1. The second-order valence-electron chi connectivity index (χ2n) is 7.00. The van der Waals surface area contributed by atoms with Crippen LogP contribution >= 0.6 is 11.6 Å². The number of non-ortho nitro benzene ring substituents is 1. The number of carbonyl (C=O) groups excluding carboxylic acids is 1. The quantitative estimate of drug-likeness (QED) is 0.157. The lowest BCUT2D eigenvalue weighted by Gasteiger charge is -2.12. The molecular formula is C25H22ClNO7. The number of nitrogens with zero attached hydrogens (tertiary/aromatic N) is 1. The Morgan fingerprint density at radius 1 is 0.912 bits per heavy atom. The molecule has 0 aromatic heterocycles. The lowest BCUT2D eigenvalue weighted by Crippen LogP contribution is -2.00. The van der Waals surface area contributed by atoms with E-state index in [0.29, 0.717) is 34.1 Å². The number of hydrogen-bond acceptors (Lipinski definition) is 7. The highest BCUT2D eigenvalue weighted by molar-refractivity contribution is 6.32. The van der Waals surface area contributed by atoms with Gasteiger partial charge in [-0.1, -0.05) is 23.7 Å². The van der Waals surface area contributed by atoms with Crippen LogP contribution in [-0.4, -0.2) is 32.0 Å². The van der Waals surface area contributed by atoms with Crippen LogP contribution in [0.5, 0.6) is 23.0 Å². The molecule has 0 amide bonds. The van der Waals surface area contributed by atoms with Gasteiger partial charge in [0.05, 0.1) is 31.3 Å². The maximum Gasteiger partial charge on any atom is 0.271 e. The highest BCUT2D eigenvalue weighted by Crippen LogP contribution is 2.31. The SMILES string of the molecule is COc1ccc(/C=C/C(=O)c2ccc(OC)c(OC)c2)cc1COc1ccc([N+](=O)[O-])cc1Cl. The largest absolute Gasteiger partial charge is 0.496 e. The smallest absolute Gasteiger partial charge is 0.271 e. The first-order valence-electron chi connectivity index (χ1n) is 10.0. The van der Waals surface area contributed by atoms with Gasteiger partial charge in [-0.15, -0.1) is 0 Å². The Kier molecular flexibility index (Phi) is 8.10. The van der Waals surface area contributed by atoms with E-state index < -0.39 is 4.92 Å². The normalized spacial score (nSPS) is 10.7. The van der Waals surface area contributed by atoms with Gasteiger partial charge in [-0.25, -0.2) is 0 Å². The molecule has 0 saturated carbocycles. The average Bonchev–Trinajstić information content (AvgIpc) is 2.85. The molecule has 3 aromatic carbocycles. The van der Waals surface area contributed by atoms with Crippen LogP contribution < -0.4 is 18.9 Å². The third kappa shape index (κ3) is 5.85. The van der Waals surface area contributed by atoms with E-state index in [1.54, 1.807) is 36.4 Å². The summed E-state index contributed by atoms with van der Waals surface area (Å²) in [7, 11) is 4.57. The topological polar surface area (TPSA) is 97.1 Å². The van der Waals surface area contributed by atoms with Crippen molar-refractivity contribution in [2.24, 2.45) is 0 Å². The van der Waals surface area contributed by atoms with Gasteiger partial charge in [0.2, 0.25) is 0 Å². The lowest BCUT2D eigenvalue weighted by molar-refractivity contribution is -0.384. The molecule has 0 radical (unpaired) electrons. The van der Waals surface area contributed by atoms with Gasteiger partial charge in [-0.3, -0.25) is 14.9 Å². The highest BCUT2D eigenvalue weighted by atomic mass is 35.5. The number of methoxy groups -OCH3 is 3. The molecule has 0 fully saturated rings. The first kappa shape index (κ1) is 24.6. The van der Waals surface area contributed by atoms with E-state index in [1.165, 1.54) is 45.6 Å². The molecule has 34 heavy (non-hydrogen) atoms. The second kappa shape index (κ2) is 11.2. The fourth-order valence-corrected chi connectivity index (χ4v) is 3.38. The number of ether oxygens (including phenoxy) is 4. The molecule has 3 aromatic rings. The van der Waals surface area contributed by atoms with Crippen molar-refractivity contribution in [1.29, 1.82) is 0 Å². The summed E-state index contributed by atoms with van der Waals surface area (Å²) < 4.78 is 21.6. The molecule has 0 atom stereocenters. The minimum Gasteiger partial charge on any atom is -0.496 e. The minimum atomic E-state index is -0.530. The Morgan fingerprint density at radius 3 is 2.24 bits per heavy atom. The number of nitro groups is 1. The van der Waals surface area contributed by atoms with Gasteiger partial charge in [0, 0.05) is 23.3 Å². The number of carbonyl (C=O) groups is 1. The predicted molar refractivity (Wildman–Crippen MR) is 128 cm³/mol. The van der Waals surface area contributed by atoms with Gasteiger partial charge in [-0.05, 0) is 48.0 Å². The Hall–Kier alpha value is -4.04. The van der Waals surface area contributed by atoms with E-state index in [-0.39, 0.29) is 23.1 Å². The second-order valence-corrected chi connectivity index (χ2v) is 7.41. The predicted octanol–water partition coefficient (Wildman–Crippen LogP) is 5.75. The van der Waals surface area contributed by atoms with Gasteiger partial charge >= 0.3 is 0 Å². The van der Waals surface area contributed by atoms with Crippen LogP contribution in [0.2, 0.25) is 5.02 Å². The van der Waals surface area contributed by atoms with Crippen LogP contribution in [0.4, 0.5) is 5.69 Å². The first-order chi connectivity index (χ1) is 16.4. The number of allylic oxidation sites excluding steroid dienone is 1. The number of hydrogen-bond donors (Lipinski definition) is 0. The van der Waals surface area contributed by atoms with Crippen LogP contribution in [0.3, 0.4) is 0 Å².